The van der Waals surface area contributed by atoms with Crippen molar-refractivity contribution in [3.63, 3.8) is 0 Å². The molecular formula is C11H5FN4S. The first kappa shape index (κ1) is 11.2. The first-order valence-corrected chi connectivity index (χ1v) is 5.44. The van der Waals surface area contributed by atoms with E-state index in [9.17, 15) is 4.39 Å². The van der Waals surface area contributed by atoms with Gasteiger partial charge in [-0.3, -0.25) is 4.99 Å². The van der Waals surface area contributed by atoms with Gasteiger partial charge in [0.25, 0.3) is 0 Å². The Morgan fingerprint density at radius 1 is 1.41 bits per heavy atom. The third-order valence-corrected chi connectivity index (χ3v) is 2.98. The summed E-state index contributed by atoms with van der Waals surface area (Å²) in [5.74, 6) is -0.314. The van der Waals surface area contributed by atoms with Crippen molar-refractivity contribution in [3.05, 3.63) is 29.0 Å². The summed E-state index contributed by atoms with van der Waals surface area (Å²) in [6.07, 6.45) is 0. The van der Waals surface area contributed by atoms with Crippen molar-refractivity contribution in [2.45, 2.75) is 6.54 Å². The fraction of sp³-hybridized carbons (Fsp3) is 0.0909. The van der Waals surface area contributed by atoms with Crippen molar-refractivity contribution in [2.24, 2.45) is 4.99 Å². The lowest BCUT2D eigenvalue weighted by molar-refractivity contribution is 0.630. The maximum Gasteiger partial charge on any atom is 0.213 e. The Bertz CT molecular complexity index is 659. The van der Waals surface area contributed by atoms with Crippen LogP contribution in [0.3, 0.4) is 0 Å². The summed E-state index contributed by atoms with van der Waals surface area (Å²) in [4.78, 5) is 8.02. The maximum atomic E-state index is 12.9. The number of aromatic nitrogens is 1. The van der Waals surface area contributed by atoms with E-state index in [0.29, 0.717) is 10.5 Å². The lowest BCUT2D eigenvalue weighted by Gasteiger charge is -1.85. The monoisotopic (exact) mass is 244 g/mol. The summed E-state index contributed by atoms with van der Waals surface area (Å²) in [6, 6.07) is 7.67. The molecular weight excluding hydrogens is 239 g/mol. The van der Waals surface area contributed by atoms with Gasteiger partial charge in [0.1, 0.15) is 23.0 Å². The van der Waals surface area contributed by atoms with Gasteiger partial charge in [-0.05, 0) is 18.2 Å². The van der Waals surface area contributed by atoms with Crippen LogP contribution in [0.2, 0.25) is 0 Å². The van der Waals surface area contributed by atoms with Crippen molar-refractivity contribution < 1.29 is 4.39 Å². The molecule has 0 aliphatic heterocycles. The van der Waals surface area contributed by atoms with E-state index in [4.69, 9.17) is 10.5 Å². The zero-order valence-corrected chi connectivity index (χ0v) is 9.33. The van der Waals surface area contributed by atoms with Gasteiger partial charge in [0.05, 0.1) is 16.8 Å². The molecule has 0 saturated carbocycles. The van der Waals surface area contributed by atoms with E-state index in [0.717, 1.165) is 4.70 Å². The average Bonchev–Trinajstić information content (AvgIpc) is 2.72. The first-order valence-electron chi connectivity index (χ1n) is 4.62. The summed E-state index contributed by atoms with van der Waals surface area (Å²) >= 11 is 1.30. The van der Waals surface area contributed by atoms with E-state index < -0.39 is 0 Å². The number of halogens is 1. The van der Waals surface area contributed by atoms with Gasteiger partial charge in [-0.1, -0.05) is 0 Å². The molecule has 2 aromatic rings. The van der Waals surface area contributed by atoms with Crippen molar-refractivity contribution in [3.8, 4) is 12.1 Å². The second-order valence-corrected chi connectivity index (χ2v) is 4.22. The number of rotatable bonds is 2. The third kappa shape index (κ3) is 2.44. The van der Waals surface area contributed by atoms with E-state index in [1.165, 1.54) is 23.5 Å². The molecule has 0 spiro atoms. The average molecular weight is 244 g/mol. The summed E-state index contributed by atoms with van der Waals surface area (Å²) in [7, 11) is 0. The molecule has 0 amide bonds. The second-order valence-electron chi connectivity index (χ2n) is 3.11. The van der Waals surface area contributed by atoms with Gasteiger partial charge in [-0.25, -0.2) is 9.37 Å². The van der Waals surface area contributed by atoms with Gasteiger partial charge in [0.15, 0.2) is 0 Å². The van der Waals surface area contributed by atoms with Crippen LogP contribution in [-0.4, -0.2) is 10.7 Å². The minimum absolute atomic E-state index is 0.164. The Kier molecular flexibility index (Phi) is 3.08. The summed E-state index contributed by atoms with van der Waals surface area (Å²) in [5.41, 5.74) is 0.507. The lowest BCUT2D eigenvalue weighted by atomic mass is 10.3. The number of hydrogen-bond acceptors (Lipinski definition) is 5. The molecule has 1 aromatic heterocycles. The van der Waals surface area contributed by atoms with Gasteiger partial charge >= 0.3 is 0 Å². The number of fused-ring (bicyclic) bond motifs is 1. The van der Waals surface area contributed by atoms with Gasteiger partial charge in [0, 0.05) is 0 Å². The van der Waals surface area contributed by atoms with E-state index in [1.807, 2.05) is 0 Å². The number of benzene rings is 1. The molecule has 0 bridgehead atoms. The molecule has 0 fully saturated rings. The van der Waals surface area contributed by atoms with Crippen LogP contribution in [0.15, 0.2) is 23.2 Å². The fourth-order valence-electron chi connectivity index (χ4n) is 1.26. The predicted octanol–water partition coefficient (Wildman–Crippen LogP) is 2.42. The Labute approximate surface area is 100 Å². The standard InChI is InChI=1S/C11H5FN4S/c12-7-1-2-9-10(3-7)17-11(16-9)6-15-8(4-13)5-14/h1-3H,6H2. The molecule has 0 N–H and O–H groups in total. The highest BCUT2D eigenvalue weighted by atomic mass is 32.1. The quantitative estimate of drug-likeness (QED) is 0.761. The largest absolute Gasteiger partial charge is 0.257 e. The number of nitriles is 2. The Morgan fingerprint density at radius 3 is 2.88 bits per heavy atom. The van der Waals surface area contributed by atoms with E-state index in [1.54, 1.807) is 18.2 Å². The fourth-order valence-corrected chi connectivity index (χ4v) is 2.17. The normalized spacial score (nSPS) is 9.59. The molecule has 0 unspecified atom stereocenters. The number of thiazole rings is 1. The minimum atomic E-state index is -0.314. The maximum absolute atomic E-state index is 12.9. The molecule has 0 atom stereocenters. The topological polar surface area (TPSA) is 72.8 Å². The van der Waals surface area contributed by atoms with Crippen LogP contribution in [0.4, 0.5) is 4.39 Å². The summed E-state index contributed by atoms with van der Waals surface area (Å²) < 4.78 is 13.7. The van der Waals surface area contributed by atoms with Crippen LogP contribution in [0.5, 0.6) is 0 Å². The molecule has 0 saturated heterocycles. The molecule has 6 heteroatoms. The number of aliphatic imine (C=N–C) groups is 1. The predicted molar refractivity (Wildman–Crippen MR) is 61.9 cm³/mol. The van der Waals surface area contributed by atoms with E-state index in [2.05, 4.69) is 9.98 Å². The zero-order valence-electron chi connectivity index (χ0n) is 8.51. The molecule has 0 aliphatic rings. The highest BCUT2D eigenvalue weighted by molar-refractivity contribution is 7.18. The number of hydrogen-bond donors (Lipinski definition) is 0. The molecule has 82 valence electrons. The minimum Gasteiger partial charge on any atom is -0.257 e. The number of nitrogens with zero attached hydrogens (tertiary/aromatic N) is 4. The Morgan fingerprint density at radius 2 is 2.18 bits per heavy atom. The van der Waals surface area contributed by atoms with Gasteiger partial charge in [-0.15, -0.1) is 11.3 Å². The molecule has 17 heavy (non-hydrogen) atoms. The molecule has 0 aliphatic carbocycles. The van der Waals surface area contributed by atoms with Crippen LogP contribution < -0.4 is 0 Å². The van der Waals surface area contributed by atoms with Crippen LogP contribution >= 0.6 is 11.3 Å². The van der Waals surface area contributed by atoms with Crippen molar-refractivity contribution in [2.75, 3.05) is 0 Å². The van der Waals surface area contributed by atoms with Crippen LogP contribution in [0, 0.1) is 28.5 Å². The van der Waals surface area contributed by atoms with E-state index in [-0.39, 0.29) is 18.1 Å². The molecule has 0 radical (unpaired) electrons. The van der Waals surface area contributed by atoms with Crippen LogP contribution in [-0.2, 0) is 6.54 Å². The summed E-state index contributed by atoms with van der Waals surface area (Å²) in [6.45, 7) is 0.164. The van der Waals surface area contributed by atoms with Crippen molar-refractivity contribution >= 4 is 27.3 Å². The van der Waals surface area contributed by atoms with Gasteiger partial charge in [-0.2, -0.15) is 10.5 Å². The lowest BCUT2D eigenvalue weighted by Crippen LogP contribution is -1.89. The molecule has 1 aromatic carbocycles. The third-order valence-electron chi connectivity index (χ3n) is 1.98. The molecule has 2 rings (SSSR count). The van der Waals surface area contributed by atoms with Gasteiger partial charge in [0.2, 0.25) is 5.71 Å². The Balaban J connectivity index is 2.30. The van der Waals surface area contributed by atoms with Gasteiger partial charge < -0.3 is 0 Å². The molecule has 1 heterocycles. The van der Waals surface area contributed by atoms with Crippen LogP contribution in [0.1, 0.15) is 5.01 Å². The van der Waals surface area contributed by atoms with E-state index >= 15 is 0 Å². The van der Waals surface area contributed by atoms with Crippen LogP contribution in [0.25, 0.3) is 10.2 Å². The highest BCUT2D eigenvalue weighted by Crippen LogP contribution is 2.23. The first-order chi connectivity index (χ1) is 8.22. The summed E-state index contributed by atoms with van der Waals surface area (Å²) in [5, 5.41) is 17.7. The SMILES string of the molecule is N#CC(C#N)=NCc1nc2ccc(F)cc2s1. The Hall–Kier alpha value is -2.31. The second kappa shape index (κ2) is 4.69. The van der Waals surface area contributed by atoms with Crippen molar-refractivity contribution in [1.82, 2.24) is 4.98 Å². The van der Waals surface area contributed by atoms with Crippen molar-refractivity contribution in [1.29, 1.82) is 10.5 Å². The zero-order chi connectivity index (χ0) is 12.3. The molecule has 4 nitrogen and oxygen atoms in total. The smallest absolute Gasteiger partial charge is 0.213 e. The highest BCUT2D eigenvalue weighted by Gasteiger charge is 2.04.